The van der Waals surface area contributed by atoms with Crippen molar-refractivity contribution in [2.75, 3.05) is 7.11 Å². The number of H-pyrrole nitrogens is 1. The van der Waals surface area contributed by atoms with Crippen molar-refractivity contribution in [3.8, 4) is 16.9 Å². The van der Waals surface area contributed by atoms with Gasteiger partial charge in [-0.1, -0.05) is 24.3 Å². The molecular weight excluding hydrogens is 324 g/mol. The molecule has 2 aromatic heterocycles. The van der Waals surface area contributed by atoms with Crippen molar-refractivity contribution in [3.63, 3.8) is 0 Å². The summed E-state index contributed by atoms with van der Waals surface area (Å²) in [6.45, 7) is 1.50. The first-order valence-electron chi connectivity index (χ1n) is 8.54. The van der Waals surface area contributed by atoms with E-state index in [2.05, 4.69) is 44.8 Å². The van der Waals surface area contributed by atoms with Crippen LogP contribution in [0.2, 0.25) is 0 Å². The number of pyridine rings is 1. The number of nitrogens with zero attached hydrogens (tertiary/aromatic N) is 2. The van der Waals surface area contributed by atoms with Crippen molar-refractivity contribution in [2.24, 2.45) is 0 Å². The fourth-order valence-electron chi connectivity index (χ4n) is 3.04. The summed E-state index contributed by atoms with van der Waals surface area (Å²) in [7, 11) is 1.68. The second-order valence-electron chi connectivity index (χ2n) is 6.13. The molecule has 5 heteroatoms. The van der Waals surface area contributed by atoms with Crippen molar-refractivity contribution in [1.82, 2.24) is 20.5 Å². The van der Waals surface area contributed by atoms with E-state index in [4.69, 9.17) is 4.74 Å². The van der Waals surface area contributed by atoms with E-state index < -0.39 is 0 Å². The van der Waals surface area contributed by atoms with Crippen LogP contribution in [0.1, 0.15) is 11.3 Å². The molecule has 0 atom stereocenters. The van der Waals surface area contributed by atoms with Crippen LogP contribution in [0.25, 0.3) is 22.0 Å². The van der Waals surface area contributed by atoms with Crippen LogP contribution < -0.4 is 10.1 Å². The molecule has 0 aliphatic rings. The minimum Gasteiger partial charge on any atom is -0.497 e. The Morgan fingerprint density at radius 2 is 1.85 bits per heavy atom. The lowest BCUT2D eigenvalue weighted by Gasteiger charge is -2.06. The first kappa shape index (κ1) is 16.3. The normalized spacial score (nSPS) is 11.0. The highest BCUT2D eigenvalue weighted by Gasteiger charge is 2.07. The Kier molecular flexibility index (Phi) is 4.62. The topological polar surface area (TPSA) is 62.8 Å². The van der Waals surface area contributed by atoms with Crippen molar-refractivity contribution in [2.45, 2.75) is 13.1 Å². The number of hydrogen-bond donors (Lipinski definition) is 2. The smallest absolute Gasteiger partial charge is 0.119 e. The fourth-order valence-corrected chi connectivity index (χ4v) is 3.04. The molecule has 0 fully saturated rings. The summed E-state index contributed by atoms with van der Waals surface area (Å²) in [6.07, 6.45) is 3.61. The van der Waals surface area contributed by atoms with Crippen LogP contribution >= 0.6 is 0 Å². The van der Waals surface area contributed by atoms with Gasteiger partial charge >= 0.3 is 0 Å². The Balaban J connectivity index is 1.47. The molecule has 2 aromatic carbocycles. The summed E-state index contributed by atoms with van der Waals surface area (Å²) in [6, 6.07) is 18.4. The maximum Gasteiger partial charge on any atom is 0.119 e. The van der Waals surface area contributed by atoms with Gasteiger partial charge in [0, 0.05) is 30.9 Å². The zero-order valence-electron chi connectivity index (χ0n) is 14.6. The Labute approximate surface area is 152 Å². The first-order valence-corrected chi connectivity index (χ1v) is 8.54. The molecule has 0 aliphatic carbocycles. The number of aromatic nitrogens is 3. The average Bonchev–Trinajstić information content (AvgIpc) is 3.11. The van der Waals surface area contributed by atoms with Crippen molar-refractivity contribution in [1.29, 1.82) is 0 Å². The number of methoxy groups -OCH3 is 1. The molecule has 4 rings (SSSR count). The molecule has 0 spiro atoms. The second-order valence-corrected chi connectivity index (χ2v) is 6.13. The summed E-state index contributed by atoms with van der Waals surface area (Å²) in [5.41, 5.74) is 5.53. The van der Waals surface area contributed by atoms with Gasteiger partial charge in [0.2, 0.25) is 0 Å². The van der Waals surface area contributed by atoms with E-state index in [0.29, 0.717) is 0 Å². The summed E-state index contributed by atoms with van der Waals surface area (Å²) in [5, 5.41) is 12.2. The lowest BCUT2D eigenvalue weighted by atomic mass is 10.0. The lowest BCUT2D eigenvalue weighted by Crippen LogP contribution is -2.13. The van der Waals surface area contributed by atoms with Gasteiger partial charge in [-0.05, 0) is 47.0 Å². The zero-order chi connectivity index (χ0) is 17.8. The maximum absolute atomic E-state index is 5.26. The van der Waals surface area contributed by atoms with E-state index in [1.54, 1.807) is 19.5 Å². The molecule has 0 radical (unpaired) electrons. The van der Waals surface area contributed by atoms with Crippen molar-refractivity contribution in [3.05, 3.63) is 78.2 Å². The molecule has 0 saturated heterocycles. The summed E-state index contributed by atoms with van der Waals surface area (Å²) < 4.78 is 5.26. The predicted molar refractivity (Wildman–Crippen MR) is 103 cm³/mol. The predicted octanol–water partition coefficient (Wildman–Crippen LogP) is 3.92. The van der Waals surface area contributed by atoms with Crippen LogP contribution in [0.5, 0.6) is 5.75 Å². The monoisotopic (exact) mass is 344 g/mol. The van der Waals surface area contributed by atoms with Crippen LogP contribution in [0.15, 0.2) is 67.0 Å². The number of ether oxygens (including phenoxy) is 1. The van der Waals surface area contributed by atoms with Crippen molar-refractivity contribution >= 4 is 10.9 Å². The number of aromatic amines is 1. The number of rotatable bonds is 6. The Morgan fingerprint density at radius 3 is 2.69 bits per heavy atom. The molecule has 5 nitrogen and oxygen atoms in total. The SMILES string of the molecule is COc1cccc(CNCc2[nH]nc3cc(-c4ccncc4)ccc23)c1. The molecule has 0 unspecified atom stereocenters. The molecule has 26 heavy (non-hydrogen) atoms. The third kappa shape index (κ3) is 3.43. The number of fused-ring (bicyclic) bond motifs is 1. The number of nitrogens with one attached hydrogen (secondary N) is 2. The third-order valence-corrected chi connectivity index (χ3v) is 4.41. The van der Waals surface area contributed by atoms with E-state index in [-0.39, 0.29) is 0 Å². The first-order chi connectivity index (χ1) is 12.8. The van der Waals surface area contributed by atoms with E-state index in [9.17, 15) is 0 Å². The van der Waals surface area contributed by atoms with Gasteiger partial charge in [-0.3, -0.25) is 10.1 Å². The van der Waals surface area contributed by atoms with E-state index >= 15 is 0 Å². The number of hydrogen-bond acceptors (Lipinski definition) is 4. The molecule has 2 heterocycles. The molecule has 2 N–H and O–H groups in total. The van der Waals surface area contributed by atoms with Gasteiger partial charge in [0.25, 0.3) is 0 Å². The molecule has 4 aromatic rings. The van der Waals surface area contributed by atoms with Crippen LogP contribution in [0, 0.1) is 0 Å². The summed E-state index contributed by atoms with van der Waals surface area (Å²) in [5.74, 6) is 0.875. The maximum atomic E-state index is 5.26. The molecular formula is C21H20N4O. The minimum absolute atomic E-state index is 0.725. The highest BCUT2D eigenvalue weighted by molar-refractivity contribution is 5.86. The Hall–Kier alpha value is -3.18. The fraction of sp³-hybridized carbons (Fsp3) is 0.143. The quantitative estimate of drug-likeness (QED) is 0.556. The molecule has 130 valence electrons. The minimum atomic E-state index is 0.725. The largest absolute Gasteiger partial charge is 0.497 e. The summed E-state index contributed by atoms with van der Waals surface area (Å²) in [4.78, 5) is 4.07. The van der Waals surface area contributed by atoms with Crippen LogP contribution in [-0.4, -0.2) is 22.3 Å². The van der Waals surface area contributed by atoms with E-state index in [0.717, 1.165) is 46.6 Å². The van der Waals surface area contributed by atoms with Gasteiger partial charge in [-0.15, -0.1) is 0 Å². The average molecular weight is 344 g/mol. The highest BCUT2D eigenvalue weighted by atomic mass is 16.5. The van der Waals surface area contributed by atoms with E-state index in [1.807, 2.05) is 30.3 Å². The number of benzene rings is 2. The summed E-state index contributed by atoms with van der Waals surface area (Å²) >= 11 is 0. The molecule has 0 aliphatic heterocycles. The van der Waals surface area contributed by atoms with Crippen LogP contribution in [-0.2, 0) is 13.1 Å². The molecule has 0 saturated carbocycles. The highest BCUT2D eigenvalue weighted by Crippen LogP contribution is 2.24. The van der Waals surface area contributed by atoms with Gasteiger partial charge in [0.15, 0.2) is 0 Å². The lowest BCUT2D eigenvalue weighted by molar-refractivity contribution is 0.414. The van der Waals surface area contributed by atoms with Gasteiger partial charge in [-0.2, -0.15) is 5.10 Å². The molecule has 0 amide bonds. The standard InChI is InChI=1S/C21H20N4O/c1-26-18-4-2-3-15(11-18)13-23-14-21-19-6-5-17(12-20(19)24-25-21)16-7-9-22-10-8-16/h2-12,23H,13-14H2,1H3,(H,24,25). The second kappa shape index (κ2) is 7.37. The van der Waals surface area contributed by atoms with Crippen LogP contribution in [0.3, 0.4) is 0 Å². The zero-order valence-corrected chi connectivity index (χ0v) is 14.6. The Bertz CT molecular complexity index is 1010. The van der Waals surface area contributed by atoms with Gasteiger partial charge in [0.1, 0.15) is 5.75 Å². The third-order valence-electron chi connectivity index (χ3n) is 4.41. The van der Waals surface area contributed by atoms with Gasteiger partial charge < -0.3 is 10.1 Å². The van der Waals surface area contributed by atoms with Crippen LogP contribution in [0.4, 0.5) is 0 Å². The molecule has 0 bridgehead atoms. The van der Waals surface area contributed by atoms with Crippen molar-refractivity contribution < 1.29 is 4.74 Å². The van der Waals surface area contributed by atoms with E-state index in [1.165, 1.54) is 5.56 Å². The Morgan fingerprint density at radius 1 is 0.962 bits per heavy atom. The van der Waals surface area contributed by atoms with Gasteiger partial charge in [-0.25, -0.2) is 0 Å². The van der Waals surface area contributed by atoms with Gasteiger partial charge in [0.05, 0.1) is 18.3 Å².